The molecule has 0 unspecified atom stereocenters. The zero-order valence-electron chi connectivity index (χ0n) is 19.4. The number of hydrogen-bond donors (Lipinski definition) is 1. The molecule has 3 aliphatic rings. The fourth-order valence-corrected chi connectivity index (χ4v) is 5.45. The standard InChI is InChI=1S/C26H34BN3O2/c1-19-15-24-16-20(18-29-11-13-32-14-12-29)17-25(24)26(28-19)23-5-3-21(4-6-23)22-7-9-30(10-8-22)27(2)31/h3-6,15,17,22,31H,7-14,16,18H2,1-2H3. The Morgan fingerprint density at radius 3 is 2.50 bits per heavy atom. The van der Waals surface area contributed by atoms with Gasteiger partial charge < -0.3 is 14.6 Å². The molecule has 0 bridgehead atoms. The number of fused-ring (bicyclic) bond motifs is 1. The van der Waals surface area contributed by atoms with Gasteiger partial charge in [-0.25, -0.2) is 0 Å². The molecule has 0 spiro atoms. The SMILES string of the molecule is CB(O)N1CCC(c2ccc(-c3nc(C)cc4c3C=C(CN3CCOCC3)C4)cc2)CC1. The van der Waals surface area contributed by atoms with Gasteiger partial charge in [-0.05, 0) is 69.2 Å². The molecule has 2 fully saturated rings. The molecule has 0 atom stereocenters. The van der Waals surface area contributed by atoms with E-state index in [-0.39, 0.29) is 7.05 Å². The van der Waals surface area contributed by atoms with Crippen molar-refractivity contribution >= 4 is 13.1 Å². The minimum absolute atomic E-state index is 0.339. The van der Waals surface area contributed by atoms with Crippen LogP contribution in [0.4, 0.5) is 0 Å². The maximum absolute atomic E-state index is 9.81. The molecule has 0 amide bonds. The topological polar surface area (TPSA) is 48.8 Å². The predicted octanol–water partition coefficient (Wildman–Crippen LogP) is 3.62. The highest BCUT2D eigenvalue weighted by Gasteiger charge is 2.25. The van der Waals surface area contributed by atoms with Crippen LogP contribution >= 0.6 is 0 Å². The molecule has 0 radical (unpaired) electrons. The Balaban J connectivity index is 1.33. The van der Waals surface area contributed by atoms with Crippen LogP contribution in [0.15, 0.2) is 35.9 Å². The summed E-state index contributed by atoms with van der Waals surface area (Å²) in [4.78, 5) is 9.61. The summed E-state index contributed by atoms with van der Waals surface area (Å²) < 4.78 is 5.50. The second kappa shape index (κ2) is 9.48. The van der Waals surface area contributed by atoms with E-state index in [1.807, 2.05) is 6.82 Å². The van der Waals surface area contributed by atoms with Gasteiger partial charge >= 0.3 is 7.05 Å². The van der Waals surface area contributed by atoms with Gasteiger partial charge in [-0.3, -0.25) is 9.88 Å². The van der Waals surface area contributed by atoms with Crippen LogP contribution in [-0.4, -0.2) is 72.7 Å². The van der Waals surface area contributed by atoms with E-state index < -0.39 is 0 Å². The monoisotopic (exact) mass is 431 g/mol. The van der Waals surface area contributed by atoms with Crippen molar-refractivity contribution in [1.82, 2.24) is 14.7 Å². The van der Waals surface area contributed by atoms with Gasteiger partial charge in [-0.2, -0.15) is 0 Å². The highest BCUT2D eigenvalue weighted by Crippen LogP contribution is 2.35. The number of aromatic nitrogens is 1. The molecule has 2 saturated heterocycles. The Kier molecular flexibility index (Phi) is 6.47. The molecular formula is C26H34BN3O2. The van der Waals surface area contributed by atoms with Crippen molar-refractivity contribution in [3.05, 3.63) is 58.3 Å². The van der Waals surface area contributed by atoms with Crippen LogP contribution in [0.2, 0.25) is 6.82 Å². The van der Waals surface area contributed by atoms with Gasteiger partial charge in [0.15, 0.2) is 0 Å². The molecule has 3 heterocycles. The fraction of sp³-hybridized carbons (Fsp3) is 0.500. The Morgan fingerprint density at radius 1 is 1.09 bits per heavy atom. The van der Waals surface area contributed by atoms with Crippen molar-refractivity contribution in [1.29, 1.82) is 0 Å². The van der Waals surface area contributed by atoms with Gasteiger partial charge in [0.05, 0.1) is 18.9 Å². The highest BCUT2D eigenvalue weighted by atomic mass is 16.5. The van der Waals surface area contributed by atoms with E-state index in [4.69, 9.17) is 9.72 Å². The summed E-state index contributed by atoms with van der Waals surface area (Å²) in [5.41, 5.74) is 9.02. The van der Waals surface area contributed by atoms with Gasteiger partial charge in [-0.15, -0.1) is 0 Å². The average molecular weight is 431 g/mol. The number of rotatable bonds is 5. The van der Waals surface area contributed by atoms with Crippen LogP contribution in [0.5, 0.6) is 0 Å². The quantitative estimate of drug-likeness (QED) is 0.733. The Labute approximate surface area is 192 Å². The average Bonchev–Trinajstić information content (AvgIpc) is 3.21. The van der Waals surface area contributed by atoms with E-state index in [1.54, 1.807) is 0 Å². The van der Waals surface area contributed by atoms with Gasteiger partial charge in [-0.1, -0.05) is 35.9 Å². The van der Waals surface area contributed by atoms with E-state index in [0.29, 0.717) is 5.92 Å². The molecule has 168 valence electrons. The number of benzene rings is 1. The van der Waals surface area contributed by atoms with E-state index >= 15 is 0 Å². The Hall–Kier alpha value is -1.99. The predicted molar refractivity (Wildman–Crippen MR) is 131 cm³/mol. The molecule has 0 saturated carbocycles. The molecule has 5 nitrogen and oxygen atoms in total. The van der Waals surface area contributed by atoms with Gasteiger partial charge in [0.25, 0.3) is 0 Å². The van der Waals surface area contributed by atoms with Crippen molar-refractivity contribution in [3.63, 3.8) is 0 Å². The third-order valence-electron chi connectivity index (χ3n) is 7.28. The van der Waals surface area contributed by atoms with Crippen molar-refractivity contribution in [2.45, 2.75) is 38.9 Å². The van der Waals surface area contributed by atoms with Crippen LogP contribution < -0.4 is 0 Å². The van der Waals surface area contributed by atoms with E-state index in [2.05, 4.69) is 53.0 Å². The molecule has 1 aromatic carbocycles. The van der Waals surface area contributed by atoms with Crippen molar-refractivity contribution in [2.75, 3.05) is 45.9 Å². The van der Waals surface area contributed by atoms with Crippen LogP contribution in [0.25, 0.3) is 17.3 Å². The molecule has 6 heteroatoms. The smallest absolute Gasteiger partial charge is 0.376 e. The summed E-state index contributed by atoms with van der Waals surface area (Å²) in [6, 6.07) is 11.4. The van der Waals surface area contributed by atoms with Crippen LogP contribution in [0.3, 0.4) is 0 Å². The number of ether oxygens (including phenoxy) is 1. The van der Waals surface area contributed by atoms with E-state index in [1.165, 1.54) is 27.8 Å². The van der Waals surface area contributed by atoms with E-state index in [0.717, 1.165) is 76.6 Å². The summed E-state index contributed by atoms with van der Waals surface area (Å²) in [5, 5.41) is 9.81. The lowest BCUT2D eigenvalue weighted by molar-refractivity contribution is 0.0422. The molecule has 32 heavy (non-hydrogen) atoms. The van der Waals surface area contributed by atoms with Crippen molar-refractivity contribution in [3.8, 4) is 11.3 Å². The van der Waals surface area contributed by atoms with Crippen LogP contribution in [-0.2, 0) is 11.2 Å². The summed E-state index contributed by atoms with van der Waals surface area (Å²) in [6.07, 6.45) is 5.63. The number of nitrogens with zero attached hydrogens (tertiary/aromatic N) is 3. The minimum atomic E-state index is -0.339. The number of hydrogen-bond acceptors (Lipinski definition) is 5. The zero-order valence-corrected chi connectivity index (χ0v) is 19.4. The van der Waals surface area contributed by atoms with Gasteiger partial charge in [0.2, 0.25) is 0 Å². The number of pyridine rings is 1. The number of piperidine rings is 1. The lowest BCUT2D eigenvalue weighted by Gasteiger charge is -2.32. The lowest BCUT2D eigenvalue weighted by Crippen LogP contribution is -2.42. The molecular weight excluding hydrogens is 397 g/mol. The first-order valence-electron chi connectivity index (χ1n) is 12.1. The van der Waals surface area contributed by atoms with Gasteiger partial charge in [0, 0.05) is 36.5 Å². The summed E-state index contributed by atoms with van der Waals surface area (Å²) >= 11 is 0. The summed E-state index contributed by atoms with van der Waals surface area (Å²) in [7, 11) is -0.339. The third kappa shape index (κ3) is 4.69. The van der Waals surface area contributed by atoms with Crippen LogP contribution in [0, 0.1) is 6.92 Å². The minimum Gasteiger partial charge on any atom is -0.437 e. The zero-order chi connectivity index (χ0) is 22.1. The molecule has 2 aromatic rings. The van der Waals surface area contributed by atoms with Crippen molar-refractivity contribution in [2.24, 2.45) is 0 Å². The lowest BCUT2D eigenvalue weighted by atomic mass is 9.79. The summed E-state index contributed by atoms with van der Waals surface area (Å²) in [5.74, 6) is 0.579. The molecule has 1 N–H and O–H groups in total. The summed E-state index contributed by atoms with van der Waals surface area (Å²) in [6.45, 7) is 10.7. The third-order valence-corrected chi connectivity index (χ3v) is 7.28. The molecule has 5 rings (SSSR count). The van der Waals surface area contributed by atoms with E-state index in [9.17, 15) is 5.02 Å². The molecule has 2 aliphatic heterocycles. The maximum atomic E-state index is 9.81. The largest absolute Gasteiger partial charge is 0.437 e. The maximum Gasteiger partial charge on any atom is 0.376 e. The molecule has 1 aromatic heterocycles. The first kappa shape index (κ1) is 21.8. The Bertz CT molecular complexity index is 975. The van der Waals surface area contributed by atoms with Crippen LogP contribution in [0.1, 0.15) is 41.1 Å². The highest BCUT2D eigenvalue weighted by molar-refractivity contribution is 6.45. The normalized spacial score (nSPS) is 20.3. The Morgan fingerprint density at radius 2 is 1.81 bits per heavy atom. The van der Waals surface area contributed by atoms with Gasteiger partial charge in [0.1, 0.15) is 0 Å². The second-order valence-corrected chi connectivity index (χ2v) is 9.62. The first-order valence-corrected chi connectivity index (χ1v) is 12.1. The number of aryl methyl sites for hydroxylation is 1. The van der Waals surface area contributed by atoms with Crippen molar-refractivity contribution < 1.29 is 9.76 Å². The first-order chi connectivity index (χ1) is 15.6. The second-order valence-electron chi connectivity index (χ2n) is 9.62. The number of morpholine rings is 1. The fourth-order valence-electron chi connectivity index (χ4n) is 5.45. The molecule has 1 aliphatic carbocycles.